The summed E-state index contributed by atoms with van der Waals surface area (Å²) in [7, 11) is 3.41. The number of hydrogen-bond acceptors (Lipinski definition) is 4. The van der Waals surface area contributed by atoms with Gasteiger partial charge in [0.15, 0.2) is 0 Å². The van der Waals surface area contributed by atoms with E-state index in [4.69, 9.17) is 0 Å². The lowest BCUT2D eigenvalue weighted by Crippen LogP contribution is -2.39. The molecule has 0 unspecified atom stereocenters. The Morgan fingerprint density at radius 1 is 1.29 bits per heavy atom. The van der Waals surface area contributed by atoms with E-state index >= 15 is 0 Å². The van der Waals surface area contributed by atoms with Crippen LogP contribution in [-0.2, 0) is 17.8 Å². The normalized spacial score (nSPS) is 11.6. The Labute approximate surface area is 140 Å². The Morgan fingerprint density at radius 3 is 2.71 bits per heavy atom. The van der Waals surface area contributed by atoms with Crippen molar-refractivity contribution in [3.05, 3.63) is 42.5 Å². The summed E-state index contributed by atoms with van der Waals surface area (Å²) in [6, 6.07) is 6.82. The lowest BCUT2D eigenvalue weighted by molar-refractivity contribution is -0.127. The molecule has 2 rings (SSSR count). The van der Waals surface area contributed by atoms with Gasteiger partial charge < -0.3 is 15.5 Å². The average molecular weight is 330 g/mol. The molecule has 0 bridgehead atoms. The lowest BCUT2D eigenvalue weighted by Gasteiger charge is -2.17. The summed E-state index contributed by atoms with van der Waals surface area (Å²) in [6.07, 6.45) is 3.28. The van der Waals surface area contributed by atoms with Crippen molar-refractivity contribution in [2.24, 2.45) is 0 Å². The van der Waals surface area contributed by atoms with Crippen molar-refractivity contribution in [3.8, 4) is 0 Å². The summed E-state index contributed by atoms with van der Waals surface area (Å²) in [6.45, 7) is 2.40. The highest BCUT2D eigenvalue weighted by Gasteiger charge is 2.13. The number of anilines is 1. The molecule has 0 fully saturated rings. The maximum atomic E-state index is 12.2. The first-order chi connectivity index (χ1) is 11.5. The molecule has 0 saturated heterocycles. The van der Waals surface area contributed by atoms with Crippen molar-refractivity contribution >= 4 is 17.6 Å². The number of amides is 3. The van der Waals surface area contributed by atoms with E-state index in [0.29, 0.717) is 12.2 Å². The van der Waals surface area contributed by atoms with Gasteiger partial charge >= 0.3 is 6.03 Å². The Bertz CT molecular complexity index is 684. The van der Waals surface area contributed by atoms with Crippen LogP contribution in [0.5, 0.6) is 0 Å². The van der Waals surface area contributed by atoms with E-state index in [0.717, 1.165) is 5.56 Å². The Morgan fingerprint density at radius 2 is 2.04 bits per heavy atom. The predicted molar refractivity (Wildman–Crippen MR) is 90.5 cm³/mol. The molecule has 0 aliphatic carbocycles. The van der Waals surface area contributed by atoms with Gasteiger partial charge in [-0.3, -0.25) is 9.48 Å². The number of hydrogen-bond donors (Lipinski definition) is 2. The maximum absolute atomic E-state index is 12.2. The van der Waals surface area contributed by atoms with Crippen molar-refractivity contribution in [1.82, 2.24) is 25.0 Å². The number of nitrogens with zero attached hydrogens (tertiary/aromatic N) is 4. The van der Waals surface area contributed by atoms with Gasteiger partial charge in [-0.25, -0.2) is 9.78 Å². The first-order valence-corrected chi connectivity index (χ1v) is 7.63. The molecular weight excluding hydrogens is 308 g/mol. The smallest absolute Gasteiger partial charge is 0.319 e. The molecule has 0 saturated carbocycles. The van der Waals surface area contributed by atoms with Gasteiger partial charge in [0.05, 0.1) is 13.0 Å². The van der Waals surface area contributed by atoms with Crippen LogP contribution in [0, 0.1) is 0 Å². The maximum Gasteiger partial charge on any atom is 0.319 e. The molecule has 128 valence electrons. The van der Waals surface area contributed by atoms with Crippen LogP contribution in [0.25, 0.3) is 0 Å². The Hall–Kier alpha value is -2.90. The van der Waals surface area contributed by atoms with Gasteiger partial charge in [-0.15, -0.1) is 0 Å². The summed E-state index contributed by atoms with van der Waals surface area (Å²) in [4.78, 5) is 29.4. The van der Waals surface area contributed by atoms with Crippen LogP contribution < -0.4 is 10.6 Å². The number of para-hydroxylation sites is 1. The molecule has 2 N–H and O–H groups in total. The minimum atomic E-state index is -0.327. The molecule has 0 aliphatic rings. The van der Waals surface area contributed by atoms with E-state index < -0.39 is 0 Å². The Kier molecular flexibility index (Phi) is 5.89. The average Bonchev–Trinajstić information content (AvgIpc) is 3.01. The molecule has 1 atom stereocenters. The Balaban J connectivity index is 1.94. The van der Waals surface area contributed by atoms with Crippen LogP contribution in [-0.4, -0.2) is 51.7 Å². The SMILES string of the molecule is C[C@@H](Cn1cncn1)NC(=O)Nc1ccccc1CC(=O)N(C)C. The van der Waals surface area contributed by atoms with E-state index in [9.17, 15) is 9.59 Å². The molecule has 24 heavy (non-hydrogen) atoms. The van der Waals surface area contributed by atoms with Crippen LogP contribution in [0.3, 0.4) is 0 Å². The molecule has 1 heterocycles. The summed E-state index contributed by atoms with van der Waals surface area (Å²) in [5, 5.41) is 9.64. The lowest BCUT2D eigenvalue weighted by atomic mass is 10.1. The van der Waals surface area contributed by atoms with E-state index in [2.05, 4.69) is 20.7 Å². The van der Waals surface area contributed by atoms with Gasteiger partial charge in [0.1, 0.15) is 12.7 Å². The molecule has 8 heteroatoms. The van der Waals surface area contributed by atoms with Crippen LogP contribution in [0.1, 0.15) is 12.5 Å². The highest BCUT2D eigenvalue weighted by Crippen LogP contribution is 2.16. The molecule has 0 radical (unpaired) electrons. The zero-order valence-corrected chi connectivity index (χ0v) is 14.1. The fourth-order valence-electron chi connectivity index (χ4n) is 2.15. The van der Waals surface area contributed by atoms with Crippen molar-refractivity contribution in [2.45, 2.75) is 25.9 Å². The molecule has 0 aliphatic heterocycles. The van der Waals surface area contributed by atoms with E-state index in [-0.39, 0.29) is 24.4 Å². The number of aromatic nitrogens is 3. The number of benzene rings is 1. The summed E-state index contributed by atoms with van der Waals surface area (Å²) in [5.74, 6) is -0.0239. The van der Waals surface area contributed by atoms with E-state index in [1.807, 2.05) is 25.1 Å². The molecule has 1 aromatic heterocycles. The third-order valence-corrected chi connectivity index (χ3v) is 3.41. The van der Waals surface area contributed by atoms with E-state index in [1.54, 1.807) is 31.2 Å². The van der Waals surface area contributed by atoms with Crippen LogP contribution >= 0.6 is 0 Å². The van der Waals surface area contributed by atoms with E-state index in [1.165, 1.54) is 11.2 Å². The third kappa shape index (κ3) is 5.08. The quantitative estimate of drug-likeness (QED) is 0.830. The van der Waals surface area contributed by atoms with Gasteiger partial charge in [0.2, 0.25) is 5.91 Å². The summed E-state index contributed by atoms with van der Waals surface area (Å²) in [5.41, 5.74) is 1.40. The second kappa shape index (κ2) is 8.09. The van der Waals surface area contributed by atoms with Crippen LogP contribution in [0.4, 0.5) is 10.5 Å². The highest BCUT2D eigenvalue weighted by atomic mass is 16.2. The van der Waals surface area contributed by atoms with Gasteiger partial charge in [0.25, 0.3) is 0 Å². The standard InChI is InChI=1S/C16H22N6O2/c1-12(9-22-11-17-10-18-22)19-16(24)20-14-7-5-4-6-13(14)8-15(23)21(2)3/h4-7,10-12H,8-9H2,1-3H3,(H2,19,20,24)/t12-/m0/s1. The summed E-state index contributed by atoms with van der Waals surface area (Å²) >= 11 is 0. The first-order valence-electron chi connectivity index (χ1n) is 7.63. The zero-order valence-electron chi connectivity index (χ0n) is 14.1. The molecular formula is C16H22N6O2. The number of carbonyl (C=O) groups is 2. The van der Waals surface area contributed by atoms with Gasteiger partial charge in [-0.05, 0) is 18.6 Å². The highest BCUT2D eigenvalue weighted by molar-refractivity contribution is 5.91. The van der Waals surface area contributed by atoms with Crippen molar-refractivity contribution in [1.29, 1.82) is 0 Å². The fourth-order valence-corrected chi connectivity index (χ4v) is 2.15. The topological polar surface area (TPSA) is 92.1 Å². The number of urea groups is 1. The second-order valence-electron chi connectivity index (χ2n) is 5.74. The monoisotopic (exact) mass is 330 g/mol. The fraction of sp³-hybridized carbons (Fsp3) is 0.375. The third-order valence-electron chi connectivity index (χ3n) is 3.41. The molecule has 8 nitrogen and oxygen atoms in total. The van der Waals surface area contributed by atoms with Gasteiger partial charge in [-0.2, -0.15) is 5.10 Å². The summed E-state index contributed by atoms with van der Waals surface area (Å²) < 4.78 is 1.65. The molecule has 0 spiro atoms. The number of carbonyl (C=O) groups excluding carboxylic acids is 2. The number of nitrogens with one attached hydrogen (secondary N) is 2. The zero-order chi connectivity index (χ0) is 17.5. The van der Waals surface area contributed by atoms with Gasteiger partial charge in [0, 0.05) is 25.8 Å². The first kappa shape index (κ1) is 17.5. The molecule has 3 amide bonds. The predicted octanol–water partition coefficient (Wildman–Crippen LogP) is 1.12. The van der Waals surface area contributed by atoms with Crippen molar-refractivity contribution < 1.29 is 9.59 Å². The van der Waals surface area contributed by atoms with Gasteiger partial charge in [-0.1, -0.05) is 18.2 Å². The van der Waals surface area contributed by atoms with Crippen molar-refractivity contribution in [2.75, 3.05) is 19.4 Å². The minimum absolute atomic E-state index is 0.0239. The van der Waals surface area contributed by atoms with Crippen LogP contribution in [0.2, 0.25) is 0 Å². The number of likely N-dealkylation sites (N-methyl/N-ethyl adjacent to an activating group) is 1. The van der Waals surface area contributed by atoms with Crippen LogP contribution in [0.15, 0.2) is 36.9 Å². The molecule has 2 aromatic rings. The minimum Gasteiger partial charge on any atom is -0.349 e. The molecule has 1 aromatic carbocycles. The van der Waals surface area contributed by atoms with Crippen molar-refractivity contribution in [3.63, 3.8) is 0 Å². The second-order valence-corrected chi connectivity index (χ2v) is 5.74. The number of rotatable bonds is 6. The largest absolute Gasteiger partial charge is 0.349 e.